The Hall–Kier alpha value is -0.820. The molecule has 1 rings (SSSR count). The lowest BCUT2D eigenvalue weighted by atomic mass is 9.85. The average molecular weight is 247 g/mol. The number of rotatable bonds is 3. The standard InChI is InChI=1S/C17H29N/c1-13-8-9-15(16(2,3)4)12-14(13)10-11-18-17(5,6)7/h8-9,12,18H,10-11H2,1-7H3. The number of benzene rings is 1. The number of aryl methyl sites for hydroxylation is 1. The van der Waals surface area contributed by atoms with Gasteiger partial charge in [0.25, 0.3) is 0 Å². The van der Waals surface area contributed by atoms with Crippen molar-refractivity contribution in [3.8, 4) is 0 Å². The van der Waals surface area contributed by atoms with Gasteiger partial charge in [0.1, 0.15) is 0 Å². The van der Waals surface area contributed by atoms with E-state index in [-0.39, 0.29) is 11.0 Å². The van der Waals surface area contributed by atoms with Gasteiger partial charge in [-0.3, -0.25) is 0 Å². The lowest BCUT2D eigenvalue weighted by Gasteiger charge is -2.23. The van der Waals surface area contributed by atoms with Gasteiger partial charge in [0.05, 0.1) is 0 Å². The number of hydrogen-bond donors (Lipinski definition) is 1. The van der Waals surface area contributed by atoms with Crippen LogP contribution in [0.2, 0.25) is 0 Å². The van der Waals surface area contributed by atoms with E-state index in [1.807, 2.05) is 0 Å². The van der Waals surface area contributed by atoms with E-state index in [1.54, 1.807) is 0 Å². The molecule has 1 aromatic carbocycles. The minimum absolute atomic E-state index is 0.204. The van der Waals surface area contributed by atoms with Gasteiger partial charge in [0.2, 0.25) is 0 Å². The fourth-order valence-electron chi connectivity index (χ4n) is 1.98. The molecule has 0 fully saturated rings. The van der Waals surface area contributed by atoms with E-state index in [9.17, 15) is 0 Å². The molecule has 1 N–H and O–H groups in total. The van der Waals surface area contributed by atoms with Crippen LogP contribution in [0, 0.1) is 6.92 Å². The van der Waals surface area contributed by atoms with Crippen molar-refractivity contribution < 1.29 is 0 Å². The van der Waals surface area contributed by atoms with Gasteiger partial charge in [-0.25, -0.2) is 0 Å². The summed E-state index contributed by atoms with van der Waals surface area (Å²) in [5.74, 6) is 0. The van der Waals surface area contributed by atoms with Crippen molar-refractivity contribution in [2.45, 2.75) is 65.8 Å². The molecule has 18 heavy (non-hydrogen) atoms. The number of nitrogens with one attached hydrogen (secondary N) is 1. The highest BCUT2D eigenvalue weighted by Crippen LogP contribution is 2.24. The van der Waals surface area contributed by atoms with Gasteiger partial charge in [0.15, 0.2) is 0 Å². The Labute approximate surface area is 113 Å². The monoisotopic (exact) mass is 247 g/mol. The molecule has 0 aromatic heterocycles. The van der Waals surface area contributed by atoms with E-state index in [2.05, 4.69) is 72.0 Å². The maximum atomic E-state index is 3.56. The molecule has 0 atom stereocenters. The van der Waals surface area contributed by atoms with Gasteiger partial charge < -0.3 is 5.32 Å². The van der Waals surface area contributed by atoms with Crippen LogP contribution in [0.3, 0.4) is 0 Å². The lowest BCUT2D eigenvalue weighted by molar-refractivity contribution is 0.429. The van der Waals surface area contributed by atoms with Crippen LogP contribution in [0.4, 0.5) is 0 Å². The van der Waals surface area contributed by atoms with Crippen LogP contribution in [-0.4, -0.2) is 12.1 Å². The topological polar surface area (TPSA) is 12.0 Å². The van der Waals surface area contributed by atoms with Crippen LogP contribution < -0.4 is 5.32 Å². The summed E-state index contributed by atoms with van der Waals surface area (Å²) in [7, 11) is 0. The second kappa shape index (κ2) is 5.44. The first-order valence-corrected chi connectivity index (χ1v) is 6.95. The van der Waals surface area contributed by atoms with Gasteiger partial charge in [-0.2, -0.15) is 0 Å². The van der Waals surface area contributed by atoms with Crippen molar-refractivity contribution >= 4 is 0 Å². The molecule has 0 bridgehead atoms. The summed E-state index contributed by atoms with van der Waals surface area (Å²) in [6, 6.07) is 6.89. The minimum Gasteiger partial charge on any atom is -0.312 e. The maximum Gasteiger partial charge on any atom is 0.00966 e. The first-order valence-electron chi connectivity index (χ1n) is 6.95. The van der Waals surface area contributed by atoms with Crippen molar-refractivity contribution in [3.63, 3.8) is 0 Å². The Morgan fingerprint density at radius 3 is 2.11 bits per heavy atom. The molecular weight excluding hydrogens is 218 g/mol. The fourth-order valence-corrected chi connectivity index (χ4v) is 1.98. The molecule has 0 aliphatic heterocycles. The Morgan fingerprint density at radius 1 is 1.00 bits per heavy atom. The SMILES string of the molecule is Cc1ccc(C(C)(C)C)cc1CCNC(C)(C)C. The summed E-state index contributed by atoms with van der Waals surface area (Å²) in [4.78, 5) is 0. The van der Waals surface area contributed by atoms with Crippen LogP contribution >= 0.6 is 0 Å². The molecule has 0 amide bonds. The first kappa shape index (κ1) is 15.2. The highest BCUT2D eigenvalue weighted by Gasteiger charge is 2.15. The zero-order valence-electron chi connectivity index (χ0n) is 13.1. The van der Waals surface area contributed by atoms with Crippen molar-refractivity contribution in [1.29, 1.82) is 0 Å². The maximum absolute atomic E-state index is 3.56. The minimum atomic E-state index is 0.204. The van der Waals surface area contributed by atoms with Crippen LogP contribution in [0.25, 0.3) is 0 Å². The number of hydrogen-bond acceptors (Lipinski definition) is 1. The third-order valence-corrected chi connectivity index (χ3v) is 3.26. The van der Waals surface area contributed by atoms with Crippen molar-refractivity contribution in [3.05, 3.63) is 34.9 Å². The van der Waals surface area contributed by atoms with E-state index in [0.29, 0.717) is 0 Å². The molecule has 1 heteroatoms. The van der Waals surface area contributed by atoms with Crippen molar-refractivity contribution in [1.82, 2.24) is 5.32 Å². The normalized spacial score (nSPS) is 12.8. The van der Waals surface area contributed by atoms with Crippen molar-refractivity contribution in [2.75, 3.05) is 6.54 Å². The summed E-state index contributed by atoms with van der Waals surface area (Å²) in [5, 5.41) is 3.56. The van der Waals surface area contributed by atoms with Crippen LogP contribution in [0.15, 0.2) is 18.2 Å². The summed E-state index contributed by atoms with van der Waals surface area (Å²) < 4.78 is 0. The predicted octanol–water partition coefficient (Wildman–Crippen LogP) is 4.22. The van der Waals surface area contributed by atoms with Gasteiger partial charge in [0, 0.05) is 5.54 Å². The highest BCUT2D eigenvalue weighted by molar-refractivity contribution is 5.34. The molecule has 0 aliphatic carbocycles. The van der Waals surface area contributed by atoms with Gasteiger partial charge in [-0.05, 0) is 62.8 Å². The van der Waals surface area contributed by atoms with Gasteiger partial charge >= 0.3 is 0 Å². The Kier molecular flexibility index (Phi) is 4.61. The van der Waals surface area contributed by atoms with E-state index in [0.717, 1.165) is 13.0 Å². The quantitative estimate of drug-likeness (QED) is 0.843. The molecule has 0 heterocycles. The fraction of sp³-hybridized carbons (Fsp3) is 0.647. The molecular formula is C17H29N. The molecule has 1 nitrogen and oxygen atoms in total. The van der Waals surface area contributed by atoms with E-state index in [1.165, 1.54) is 16.7 Å². The highest BCUT2D eigenvalue weighted by atomic mass is 14.9. The second-order valence-electron chi connectivity index (χ2n) is 7.32. The Bertz CT molecular complexity index is 391. The third kappa shape index (κ3) is 4.81. The lowest BCUT2D eigenvalue weighted by Crippen LogP contribution is -2.37. The van der Waals surface area contributed by atoms with Crippen LogP contribution in [0.5, 0.6) is 0 Å². The van der Waals surface area contributed by atoms with Crippen LogP contribution in [-0.2, 0) is 11.8 Å². The third-order valence-electron chi connectivity index (χ3n) is 3.26. The van der Waals surface area contributed by atoms with E-state index in [4.69, 9.17) is 0 Å². The largest absolute Gasteiger partial charge is 0.312 e. The van der Waals surface area contributed by atoms with Gasteiger partial charge in [-0.1, -0.05) is 39.0 Å². The average Bonchev–Trinajstić information content (AvgIpc) is 2.17. The molecule has 0 aliphatic rings. The van der Waals surface area contributed by atoms with Crippen molar-refractivity contribution in [2.24, 2.45) is 0 Å². The summed E-state index contributed by atoms with van der Waals surface area (Å²) in [5.41, 5.74) is 4.74. The zero-order valence-corrected chi connectivity index (χ0v) is 13.1. The summed E-state index contributed by atoms with van der Waals surface area (Å²) in [6.45, 7) is 16.7. The van der Waals surface area contributed by atoms with E-state index >= 15 is 0 Å². The molecule has 0 spiro atoms. The van der Waals surface area contributed by atoms with E-state index < -0.39 is 0 Å². The summed E-state index contributed by atoms with van der Waals surface area (Å²) >= 11 is 0. The molecule has 102 valence electrons. The molecule has 0 unspecified atom stereocenters. The molecule has 0 radical (unpaired) electrons. The van der Waals surface area contributed by atoms with Gasteiger partial charge in [-0.15, -0.1) is 0 Å². The summed E-state index contributed by atoms with van der Waals surface area (Å²) in [6.07, 6.45) is 1.10. The molecule has 0 saturated carbocycles. The molecule has 0 saturated heterocycles. The first-order chi connectivity index (χ1) is 8.09. The zero-order chi connectivity index (χ0) is 14.0. The Balaban J connectivity index is 2.76. The smallest absolute Gasteiger partial charge is 0.00966 e. The van der Waals surface area contributed by atoms with Crippen LogP contribution in [0.1, 0.15) is 58.2 Å². The molecule has 1 aromatic rings. The second-order valence-corrected chi connectivity index (χ2v) is 7.32. The Morgan fingerprint density at radius 2 is 1.61 bits per heavy atom. The predicted molar refractivity (Wildman–Crippen MR) is 81.3 cm³/mol.